The van der Waals surface area contributed by atoms with E-state index >= 15 is 0 Å². The molecule has 2 rings (SSSR count). The average molecular weight is 350 g/mol. The molecule has 0 amide bonds. The zero-order valence-corrected chi connectivity index (χ0v) is 15.8. The summed E-state index contributed by atoms with van der Waals surface area (Å²) in [5, 5.41) is 9.99. The summed E-state index contributed by atoms with van der Waals surface area (Å²) >= 11 is 0. The molecule has 1 aromatic carbocycles. The number of carbonyl (C=O) groups is 1. The normalized spacial score (nSPS) is 26.3. The summed E-state index contributed by atoms with van der Waals surface area (Å²) < 4.78 is 17.1. The second-order valence-electron chi connectivity index (χ2n) is 7.29. The fourth-order valence-corrected chi connectivity index (χ4v) is 3.01. The third kappa shape index (κ3) is 5.03. The Hall–Kier alpha value is -1.43. The Morgan fingerprint density at radius 3 is 2.48 bits per heavy atom. The molecule has 1 N–H and O–H groups in total. The van der Waals surface area contributed by atoms with Crippen molar-refractivity contribution in [3.63, 3.8) is 0 Å². The summed E-state index contributed by atoms with van der Waals surface area (Å²) in [4.78, 5) is 12.5. The fourth-order valence-electron chi connectivity index (χ4n) is 3.01. The van der Waals surface area contributed by atoms with E-state index in [9.17, 15) is 9.90 Å². The number of hydrogen-bond acceptors (Lipinski definition) is 5. The summed E-state index contributed by atoms with van der Waals surface area (Å²) in [5.74, 6) is 0.707. The SMILES string of the molecule is COc1ccc([C@H]2OC[C@@H](C)[C@@H]([C@@H](C)C(=O)C[C@H](O)C(C)C)O2)cc1. The van der Waals surface area contributed by atoms with Crippen LogP contribution in [0.4, 0.5) is 0 Å². The number of aliphatic hydroxyl groups excluding tert-OH is 1. The van der Waals surface area contributed by atoms with Crippen molar-refractivity contribution in [3.05, 3.63) is 29.8 Å². The predicted octanol–water partition coefficient (Wildman–Crippen LogP) is 3.36. The first-order chi connectivity index (χ1) is 11.8. The highest BCUT2D eigenvalue weighted by molar-refractivity contribution is 5.81. The van der Waals surface area contributed by atoms with Crippen molar-refractivity contribution in [1.29, 1.82) is 0 Å². The molecule has 0 unspecified atom stereocenters. The highest BCUT2D eigenvalue weighted by Crippen LogP contribution is 2.34. The Labute approximate surface area is 150 Å². The Bertz CT molecular complexity index is 554. The highest BCUT2D eigenvalue weighted by atomic mass is 16.7. The summed E-state index contributed by atoms with van der Waals surface area (Å²) in [7, 11) is 1.62. The molecular weight excluding hydrogens is 320 g/mol. The van der Waals surface area contributed by atoms with E-state index in [4.69, 9.17) is 14.2 Å². The van der Waals surface area contributed by atoms with Crippen LogP contribution in [0.25, 0.3) is 0 Å². The van der Waals surface area contributed by atoms with E-state index < -0.39 is 12.4 Å². The second kappa shape index (κ2) is 8.79. The van der Waals surface area contributed by atoms with Crippen LogP contribution in [0.2, 0.25) is 0 Å². The molecule has 1 saturated heterocycles. The van der Waals surface area contributed by atoms with E-state index in [1.807, 2.05) is 52.0 Å². The smallest absolute Gasteiger partial charge is 0.184 e. The number of hydrogen-bond donors (Lipinski definition) is 1. The topological polar surface area (TPSA) is 65.0 Å². The van der Waals surface area contributed by atoms with Crippen LogP contribution in [0.3, 0.4) is 0 Å². The van der Waals surface area contributed by atoms with Crippen molar-refractivity contribution in [1.82, 2.24) is 0 Å². The monoisotopic (exact) mass is 350 g/mol. The maximum atomic E-state index is 12.5. The van der Waals surface area contributed by atoms with E-state index in [1.54, 1.807) is 7.11 Å². The lowest BCUT2D eigenvalue weighted by Crippen LogP contribution is -2.42. The first kappa shape index (κ1) is 19.9. The van der Waals surface area contributed by atoms with Crippen LogP contribution in [-0.2, 0) is 14.3 Å². The van der Waals surface area contributed by atoms with Gasteiger partial charge in [-0.05, 0) is 18.1 Å². The number of ether oxygens (including phenoxy) is 3. The van der Waals surface area contributed by atoms with Crippen LogP contribution in [0.15, 0.2) is 24.3 Å². The summed E-state index contributed by atoms with van der Waals surface area (Å²) in [6.07, 6.45) is -1.16. The molecular formula is C20H30O5. The maximum absolute atomic E-state index is 12.5. The third-order valence-electron chi connectivity index (χ3n) is 4.92. The zero-order chi connectivity index (χ0) is 18.6. The van der Waals surface area contributed by atoms with E-state index in [2.05, 4.69) is 0 Å². The van der Waals surface area contributed by atoms with Gasteiger partial charge in [0.2, 0.25) is 0 Å². The van der Waals surface area contributed by atoms with E-state index in [0.29, 0.717) is 6.61 Å². The quantitative estimate of drug-likeness (QED) is 0.817. The van der Waals surface area contributed by atoms with Gasteiger partial charge in [0.1, 0.15) is 11.5 Å². The van der Waals surface area contributed by atoms with Crippen LogP contribution in [-0.4, -0.2) is 36.8 Å². The number of benzene rings is 1. The van der Waals surface area contributed by atoms with E-state index in [0.717, 1.165) is 11.3 Å². The van der Waals surface area contributed by atoms with Gasteiger partial charge in [-0.1, -0.05) is 39.8 Å². The summed E-state index contributed by atoms with van der Waals surface area (Å²) in [5.41, 5.74) is 0.902. The zero-order valence-electron chi connectivity index (χ0n) is 15.8. The van der Waals surface area contributed by atoms with Crippen molar-refractivity contribution < 1.29 is 24.1 Å². The van der Waals surface area contributed by atoms with Gasteiger partial charge in [-0.2, -0.15) is 0 Å². The highest BCUT2D eigenvalue weighted by Gasteiger charge is 2.37. The van der Waals surface area contributed by atoms with Gasteiger partial charge >= 0.3 is 0 Å². The van der Waals surface area contributed by atoms with Crippen LogP contribution < -0.4 is 4.74 Å². The molecule has 0 saturated carbocycles. The molecule has 0 radical (unpaired) electrons. The van der Waals surface area contributed by atoms with Crippen molar-refractivity contribution in [3.8, 4) is 5.75 Å². The number of rotatable bonds is 7. The van der Waals surface area contributed by atoms with Gasteiger partial charge in [-0.25, -0.2) is 0 Å². The van der Waals surface area contributed by atoms with Gasteiger partial charge in [0.25, 0.3) is 0 Å². The Kier molecular flexibility index (Phi) is 6.99. The number of aliphatic hydroxyl groups is 1. The number of carbonyl (C=O) groups excluding carboxylic acids is 1. The first-order valence-corrected chi connectivity index (χ1v) is 8.95. The van der Waals surface area contributed by atoms with Crippen molar-refractivity contribution in [2.75, 3.05) is 13.7 Å². The van der Waals surface area contributed by atoms with Gasteiger partial charge in [0, 0.05) is 23.8 Å². The largest absolute Gasteiger partial charge is 0.497 e. The summed E-state index contributed by atoms with van der Waals surface area (Å²) in [6, 6.07) is 7.54. The average Bonchev–Trinajstić information content (AvgIpc) is 2.61. The van der Waals surface area contributed by atoms with Crippen molar-refractivity contribution in [2.24, 2.45) is 17.8 Å². The molecule has 25 heavy (non-hydrogen) atoms. The van der Waals surface area contributed by atoms with Gasteiger partial charge < -0.3 is 19.3 Å². The number of Topliss-reactive ketones (excluding diaryl/α,β-unsaturated/α-hetero) is 1. The molecule has 140 valence electrons. The van der Waals surface area contributed by atoms with Crippen LogP contribution in [0, 0.1) is 17.8 Å². The molecule has 1 aromatic rings. The van der Waals surface area contributed by atoms with Crippen molar-refractivity contribution in [2.45, 2.75) is 52.6 Å². The molecule has 0 aromatic heterocycles. The van der Waals surface area contributed by atoms with E-state index in [1.165, 1.54) is 0 Å². The molecule has 0 aliphatic carbocycles. The molecule has 1 fully saturated rings. The molecule has 0 bridgehead atoms. The lowest BCUT2D eigenvalue weighted by molar-refractivity contribution is -0.248. The molecule has 1 aliphatic rings. The van der Waals surface area contributed by atoms with Gasteiger partial charge in [-0.3, -0.25) is 4.79 Å². The molecule has 0 spiro atoms. The molecule has 1 aliphatic heterocycles. The molecule has 5 heteroatoms. The van der Waals surface area contributed by atoms with Gasteiger partial charge in [0.15, 0.2) is 6.29 Å². The lowest BCUT2D eigenvalue weighted by atomic mass is 9.86. The van der Waals surface area contributed by atoms with Crippen LogP contribution in [0.5, 0.6) is 5.75 Å². The first-order valence-electron chi connectivity index (χ1n) is 8.95. The Morgan fingerprint density at radius 2 is 1.92 bits per heavy atom. The van der Waals surface area contributed by atoms with Crippen LogP contribution in [0.1, 0.15) is 46.0 Å². The maximum Gasteiger partial charge on any atom is 0.184 e. The van der Waals surface area contributed by atoms with Crippen molar-refractivity contribution >= 4 is 5.78 Å². The second-order valence-corrected chi connectivity index (χ2v) is 7.29. The lowest BCUT2D eigenvalue weighted by Gasteiger charge is -2.38. The Balaban J connectivity index is 2.04. The molecule has 5 atom stereocenters. The molecule has 1 heterocycles. The van der Waals surface area contributed by atoms with Crippen LogP contribution >= 0.6 is 0 Å². The molecule has 5 nitrogen and oxygen atoms in total. The number of methoxy groups -OCH3 is 1. The minimum Gasteiger partial charge on any atom is -0.497 e. The van der Waals surface area contributed by atoms with E-state index in [-0.39, 0.29) is 36.1 Å². The predicted molar refractivity (Wildman–Crippen MR) is 95.4 cm³/mol. The minimum atomic E-state index is -0.609. The standard InChI is InChI=1S/C20H30O5/c1-12(2)17(21)10-18(22)14(4)19-13(3)11-24-20(25-19)15-6-8-16(23-5)9-7-15/h6-9,12-14,17,19-21H,10-11H2,1-5H3/t13-,14+,17+,19+,20+/m1/s1. The van der Waals surface area contributed by atoms with Gasteiger partial charge in [-0.15, -0.1) is 0 Å². The third-order valence-corrected chi connectivity index (χ3v) is 4.92. The van der Waals surface area contributed by atoms with Gasteiger partial charge in [0.05, 0.1) is 25.9 Å². The summed E-state index contributed by atoms with van der Waals surface area (Å²) in [6.45, 7) is 8.27. The fraction of sp³-hybridized carbons (Fsp3) is 0.650. The Morgan fingerprint density at radius 1 is 1.28 bits per heavy atom. The number of ketones is 1. The minimum absolute atomic E-state index is 0.0356.